The number of piperidine rings is 1. The lowest BCUT2D eigenvalue weighted by molar-refractivity contribution is 0.190. The molecular weight excluding hydrogens is 254 g/mol. The molecule has 0 atom stereocenters. The third-order valence-electron chi connectivity index (χ3n) is 4.03. The second kappa shape index (κ2) is 5.00. The SMILES string of the molecule is NC(=O)N1CCC(c2cc3ccccc3[nH]c2=O)CC1. The number of pyridine rings is 1. The predicted octanol–water partition coefficient (Wildman–Crippen LogP) is 1.79. The van der Waals surface area contributed by atoms with Crippen LogP contribution in [-0.2, 0) is 0 Å². The summed E-state index contributed by atoms with van der Waals surface area (Å²) < 4.78 is 0. The number of nitrogens with two attached hydrogens (primary N) is 1. The van der Waals surface area contributed by atoms with Crippen LogP contribution in [0.3, 0.4) is 0 Å². The third kappa shape index (κ3) is 2.27. The van der Waals surface area contributed by atoms with Gasteiger partial charge in [-0.2, -0.15) is 0 Å². The number of benzene rings is 1. The number of hydrogen-bond acceptors (Lipinski definition) is 2. The monoisotopic (exact) mass is 271 g/mol. The van der Waals surface area contributed by atoms with Crippen LogP contribution in [0.2, 0.25) is 0 Å². The molecule has 2 heterocycles. The van der Waals surface area contributed by atoms with Gasteiger partial charge in [0.15, 0.2) is 0 Å². The Hall–Kier alpha value is -2.30. The molecule has 20 heavy (non-hydrogen) atoms. The molecule has 1 saturated heterocycles. The van der Waals surface area contributed by atoms with Crippen LogP contribution in [0.5, 0.6) is 0 Å². The van der Waals surface area contributed by atoms with E-state index in [2.05, 4.69) is 4.98 Å². The number of H-pyrrole nitrogens is 1. The largest absolute Gasteiger partial charge is 0.351 e. The number of carbonyl (C=O) groups excluding carboxylic acids is 1. The highest BCUT2D eigenvalue weighted by Crippen LogP contribution is 2.27. The fourth-order valence-electron chi connectivity index (χ4n) is 2.88. The van der Waals surface area contributed by atoms with Crippen molar-refractivity contribution in [2.75, 3.05) is 13.1 Å². The van der Waals surface area contributed by atoms with Gasteiger partial charge in [0, 0.05) is 24.2 Å². The van der Waals surface area contributed by atoms with E-state index < -0.39 is 0 Å². The first-order valence-corrected chi connectivity index (χ1v) is 6.81. The summed E-state index contributed by atoms with van der Waals surface area (Å²) in [5.41, 5.74) is 6.92. The molecule has 1 aromatic carbocycles. The van der Waals surface area contributed by atoms with Gasteiger partial charge in [-0.05, 0) is 36.3 Å². The number of rotatable bonds is 1. The molecule has 0 saturated carbocycles. The van der Waals surface area contributed by atoms with Gasteiger partial charge in [-0.1, -0.05) is 18.2 Å². The molecular formula is C15H17N3O2. The molecule has 1 aliphatic rings. The van der Waals surface area contributed by atoms with Gasteiger partial charge in [-0.25, -0.2) is 4.79 Å². The number of nitrogens with one attached hydrogen (secondary N) is 1. The number of amides is 2. The molecule has 0 aliphatic carbocycles. The van der Waals surface area contributed by atoms with Crippen molar-refractivity contribution in [3.05, 3.63) is 46.2 Å². The topological polar surface area (TPSA) is 79.2 Å². The van der Waals surface area contributed by atoms with Crippen molar-refractivity contribution in [3.63, 3.8) is 0 Å². The summed E-state index contributed by atoms with van der Waals surface area (Å²) >= 11 is 0. The number of para-hydroxylation sites is 1. The van der Waals surface area contributed by atoms with Crippen molar-refractivity contribution in [1.82, 2.24) is 9.88 Å². The molecule has 0 radical (unpaired) electrons. The molecule has 1 aliphatic heterocycles. The molecule has 104 valence electrons. The van der Waals surface area contributed by atoms with Gasteiger partial charge in [-0.3, -0.25) is 4.79 Å². The Bertz CT molecular complexity index is 700. The lowest BCUT2D eigenvalue weighted by Crippen LogP contribution is -2.41. The number of aromatic amines is 1. The first kappa shape index (κ1) is 12.7. The van der Waals surface area contributed by atoms with Crippen LogP contribution in [0.25, 0.3) is 10.9 Å². The van der Waals surface area contributed by atoms with E-state index in [0.29, 0.717) is 13.1 Å². The van der Waals surface area contributed by atoms with Crippen molar-refractivity contribution in [3.8, 4) is 0 Å². The minimum atomic E-state index is -0.379. The molecule has 3 N–H and O–H groups in total. The lowest BCUT2D eigenvalue weighted by atomic mass is 9.89. The molecule has 1 fully saturated rings. The number of nitrogens with zero attached hydrogens (tertiary/aromatic N) is 1. The summed E-state index contributed by atoms with van der Waals surface area (Å²) in [4.78, 5) is 27.9. The van der Waals surface area contributed by atoms with Crippen LogP contribution in [0.1, 0.15) is 24.3 Å². The number of fused-ring (bicyclic) bond motifs is 1. The van der Waals surface area contributed by atoms with Gasteiger partial charge in [0.05, 0.1) is 0 Å². The van der Waals surface area contributed by atoms with E-state index >= 15 is 0 Å². The number of urea groups is 1. The van der Waals surface area contributed by atoms with Crippen LogP contribution >= 0.6 is 0 Å². The van der Waals surface area contributed by atoms with Crippen molar-refractivity contribution in [2.45, 2.75) is 18.8 Å². The summed E-state index contributed by atoms with van der Waals surface area (Å²) in [6, 6.07) is 9.35. The minimum absolute atomic E-state index is 0.0266. The first-order valence-electron chi connectivity index (χ1n) is 6.81. The molecule has 5 heteroatoms. The molecule has 2 amide bonds. The minimum Gasteiger partial charge on any atom is -0.351 e. The lowest BCUT2D eigenvalue weighted by Gasteiger charge is -2.30. The molecule has 3 rings (SSSR count). The Morgan fingerprint density at radius 1 is 1.25 bits per heavy atom. The summed E-state index contributed by atoms with van der Waals surface area (Å²) in [6.45, 7) is 1.23. The van der Waals surface area contributed by atoms with E-state index in [1.54, 1.807) is 4.90 Å². The summed E-state index contributed by atoms with van der Waals surface area (Å²) in [5, 5.41) is 1.04. The van der Waals surface area contributed by atoms with E-state index in [-0.39, 0.29) is 17.5 Å². The van der Waals surface area contributed by atoms with E-state index in [1.807, 2.05) is 30.3 Å². The van der Waals surface area contributed by atoms with Crippen molar-refractivity contribution >= 4 is 16.9 Å². The molecule has 0 bridgehead atoms. The maximum Gasteiger partial charge on any atom is 0.314 e. The predicted molar refractivity (Wildman–Crippen MR) is 77.7 cm³/mol. The smallest absolute Gasteiger partial charge is 0.314 e. The van der Waals surface area contributed by atoms with Gasteiger partial charge in [-0.15, -0.1) is 0 Å². The molecule has 1 aromatic heterocycles. The maximum absolute atomic E-state index is 12.2. The summed E-state index contributed by atoms with van der Waals surface area (Å²) in [5.74, 6) is 0.193. The van der Waals surface area contributed by atoms with Crippen molar-refractivity contribution in [2.24, 2.45) is 5.73 Å². The quantitative estimate of drug-likeness (QED) is 0.829. The fraction of sp³-hybridized carbons (Fsp3) is 0.333. The van der Waals surface area contributed by atoms with E-state index in [4.69, 9.17) is 5.73 Å². The highest BCUT2D eigenvalue weighted by Gasteiger charge is 2.24. The number of likely N-dealkylation sites (tertiary alicyclic amines) is 1. The third-order valence-corrected chi connectivity index (χ3v) is 4.03. The molecule has 0 unspecified atom stereocenters. The highest BCUT2D eigenvalue weighted by molar-refractivity contribution is 5.78. The number of aromatic nitrogens is 1. The van der Waals surface area contributed by atoms with Crippen LogP contribution < -0.4 is 11.3 Å². The number of hydrogen-bond donors (Lipinski definition) is 2. The molecule has 2 aromatic rings. The van der Waals surface area contributed by atoms with E-state index in [0.717, 1.165) is 29.3 Å². The second-order valence-corrected chi connectivity index (χ2v) is 5.24. The number of primary amides is 1. The van der Waals surface area contributed by atoms with Crippen molar-refractivity contribution < 1.29 is 4.79 Å². The molecule has 0 spiro atoms. The van der Waals surface area contributed by atoms with Crippen LogP contribution in [0.15, 0.2) is 35.1 Å². The summed E-state index contributed by atoms with van der Waals surface area (Å²) in [6.07, 6.45) is 1.56. The van der Waals surface area contributed by atoms with Gasteiger partial charge < -0.3 is 15.6 Å². The van der Waals surface area contributed by atoms with Crippen LogP contribution in [-0.4, -0.2) is 29.0 Å². The van der Waals surface area contributed by atoms with Crippen molar-refractivity contribution in [1.29, 1.82) is 0 Å². The second-order valence-electron chi connectivity index (χ2n) is 5.24. The Kier molecular flexibility index (Phi) is 3.18. The first-order chi connectivity index (χ1) is 9.65. The van der Waals surface area contributed by atoms with E-state index in [1.165, 1.54) is 0 Å². The molecule has 5 nitrogen and oxygen atoms in total. The number of carbonyl (C=O) groups is 1. The average molecular weight is 271 g/mol. The zero-order valence-corrected chi connectivity index (χ0v) is 11.1. The zero-order chi connectivity index (χ0) is 14.1. The van der Waals surface area contributed by atoms with Gasteiger partial charge in [0.25, 0.3) is 5.56 Å². The van der Waals surface area contributed by atoms with E-state index in [9.17, 15) is 9.59 Å². The normalized spacial score (nSPS) is 16.5. The van der Waals surface area contributed by atoms with Gasteiger partial charge >= 0.3 is 6.03 Å². The standard InChI is InChI=1S/C15H17N3O2/c16-15(20)18-7-5-10(6-8-18)12-9-11-3-1-2-4-13(11)17-14(12)19/h1-4,9-10H,5-8H2,(H2,16,20)(H,17,19). The van der Waals surface area contributed by atoms with Crippen LogP contribution in [0.4, 0.5) is 4.79 Å². The average Bonchev–Trinajstić information content (AvgIpc) is 2.46. The summed E-state index contributed by atoms with van der Waals surface area (Å²) in [7, 11) is 0. The Morgan fingerprint density at radius 3 is 2.65 bits per heavy atom. The van der Waals surface area contributed by atoms with Gasteiger partial charge in [0.1, 0.15) is 0 Å². The zero-order valence-electron chi connectivity index (χ0n) is 11.1. The Labute approximate surface area is 116 Å². The Morgan fingerprint density at radius 2 is 1.95 bits per heavy atom. The fourth-order valence-corrected chi connectivity index (χ4v) is 2.88. The highest BCUT2D eigenvalue weighted by atomic mass is 16.2. The van der Waals surface area contributed by atoms with Gasteiger partial charge in [0.2, 0.25) is 0 Å². The Balaban J connectivity index is 1.89. The van der Waals surface area contributed by atoms with Crippen LogP contribution in [0, 0.1) is 0 Å². The maximum atomic E-state index is 12.2.